The van der Waals surface area contributed by atoms with Gasteiger partial charge < -0.3 is 9.57 Å². The maximum absolute atomic E-state index is 11.3. The van der Waals surface area contributed by atoms with E-state index < -0.39 is 0 Å². The molecule has 4 heteroatoms. The van der Waals surface area contributed by atoms with E-state index in [0.717, 1.165) is 0 Å². The normalized spacial score (nSPS) is 22.8. The number of likely N-dealkylation sites (N-methyl/N-ethyl adjacent to an activating group) is 1. The number of hydrogen-bond acceptors (Lipinski definition) is 4. The van der Waals surface area contributed by atoms with Crippen LogP contribution in [0.2, 0.25) is 0 Å². The highest BCUT2D eigenvalue weighted by atomic mass is 16.7. The maximum Gasteiger partial charge on any atom is 0.338 e. The molecule has 0 aromatic carbocycles. The summed E-state index contributed by atoms with van der Waals surface area (Å²) in [4.78, 5) is 16.4. The smallest absolute Gasteiger partial charge is 0.338 e. The number of carbonyl (C=O) groups excluding carboxylic acids is 1. The lowest BCUT2D eigenvalue weighted by Crippen LogP contribution is -2.34. The summed E-state index contributed by atoms with van der Waals surface area (Å²) in [6.45, 7) is 4.07. The van der Waals surface area contributed by atoms with Crippen LogP contribution in [-0.2, 0) is 14.4 Å². The molecular formula is C9H15NO3. The standard InChI is InChI=1S/C9H15NO3/c1-6(2)8-7(9(11)12-4)5-13-10(8)3/h5-6,8H,1-4H3. The zero-order chi connectivity index (χ0) is 10.0. The van der Waals surface area contributed by atoms with Crippen molar-refractivity contribution >= 4 is 5.97 Å². The highest BCUT2D eigenvalue weighted by Gasteiger charge is 2.34. The summed E-state index contributed by atoms with van der Waals surface area (Å²) in [5.41, 5.74) is 0.583. The van der Waals surface area contributed by atoms with E-state index in [4.69, 9.17) is 4.84 Å². The summed E-state index contributed by atoms with van der Waals surface area (Å²) >= 11 is 0. The molecule has 1 aliphatic heterocycles. The van der Waals surface area contributed by atoms with Crippen molar-refractivity contribution in [2.75, 3.05) is 14.2 Å². The molecule has 13 heavy (non-hydrogen) atoms. The van der Waals surface area contributed by atoms with Crippen LogP contribution < -0.4 is 0 Å². The summed E-state index contributed by atoms with van der Waals surface area (Å²) in [6.07, 6.45) is 1.45. The fraction of sp³-hybridized carbons (Fsp3) is 0.667. The molecule has 0 bridgehead atoms. The van der Waals surface area contributed by atoms with Gasteiger partial charge in [0.05, 0.1) is 18.7 Å². The highest BCUT2D eigenvalue weighted by molar-refractivity contribution is 5.89. The van der Waals surface area contributed by atoms with Crippen molar-refractivity contribution < 1.29 is 14.4 Å². The third kappa shape index (κ3) is 1.83. The molecule has 0 amide bonds. The number of hydrogen-bond donors (Lipinski definition) is 0. The van der Waals surface area contributed by atoms with Gasteiger partial charge in [0, 0.05) is 7.05 Å². The largest absolute Gasteiger partial charge is 0.466 e. The van der Waals surface area contributed by atoms with E-state index in [1.807, 2.05) is 13.8 Å². The molecule has 1 rings (SSSR count). The van der Waals surface area contributed by atoms with Crippen molar-refractivity contribution in [3.63, 3.8) is 0 Å². The Morgan fingerprint density at radius 3 is 2.77 bits per heavy atom. The lowest BCUT2D eigenvalue weighted by molar-refractivity contribution is -0.137. The van der Waals surface area contributed by atoms with Crippen molar-refractivity contribution in [1.29, 1.82) is 0 Å². The van der Waals surface area contributed by atoms with Crippen LogP contribution in [0.5, 0.6) is 0 Å². The minimum Gasteiger partial charge on any atom is -0.466 e. The molecule has 0 spiro atoms. The van der Waals surface area contributed by atoms with Gasteiger partial charge in [0.2, 0.25) is 0 Å². The molecule has 0 saturated carbocycles. The first kappa shape index (κ1) is 10.1. The average Bonchev–Trinajstić information content (AvgIpc) is 2.45. The maximum atomic E-state index is 11.3. The molecule has 0 N–H and O–H groups in total. The van der Waals surface area contributed by atoms with E-state index in [1.54, 1.807) is 12.1 Å². The predicted molar refractivity (Wildman–Crippen MR) is 47.6 cm³/mol. The molecule has 1 unspecified atom stereocenters. The molecule has 0 saturated heterocycles. The van der Waals surface area contributed by atoms with Gasteiger partial charge in [-0.15, -0.1) is 5.06 Å². The first-order chi connectivity index (χ1) is 6.07. The van der Waals surface area contributed by atoms with Crippen molar-refractivity contribution in [2.24, 2.45) is 5.92 Å². The Balaban J connectivity index is 2.79. The van der Waals surface area contributed by atoms with Crippen LogP contribution >= 0.6 is 0 Å². The Bertz CT molecular complexity index is 235. The summed E-state index contributed by atoms with van der Waals surface area (Å²) in [5, 5.41) is 1.66. The number of nitrogens with zero attached hydrogens (tertiary/aromatic N) is 1. The van der Waals surface area contributed by atoms with E-state index >= 15 is 0 Å². The average molecular weight is 185 g/mol. The van der Waals surface area contributed by atoms with E-state index in [1.165, 1.54) is 13.4 Å². The van der Waals surface area contributed by atoms with Crippen LogP contribution in [0.25, 0.3) is 0 Å². The number of ether oxygens (including phenoxy) is 1. The number of hydroxylamine groups is 2. The van der Waals surface area contributed by atoms with Crippen LogP contribution in [0.4, 0.5) is 0 Å². The minimum atomic E-state index is -0.317. The summed E-state index contributed by atoms with van der Waals surface area (Å²) < 4.78 is 4.65. The predicted octanol–water partition coefficient (Wildman–Crippen LogP) is 0.945. The molecule has 1 atom stereocenters. The Morgan fingerprint density at radius 2 is 2.31 bits per heavy atom. The first-order valence-corrected chi connectivity index (χ1v) is 4.26. The summed E-state index contributed by atoms with van der Waals surface area (Å²) in [7, 11) is 3.18. The molecule has 4 nitrogen and oxygen atoms in total. The van der Waals surface area contributed by atoms with Crippen LogP contribution in [0.3, 0.4) is 0 Å². The van der Waals surface area contributed by atoms with Gasteiger partial charge in [0.15, 0.2) is 0 Å². The lowest BCUT2D eigenvalue weighted by Gasteiger charge is -2.22. The van der Waals surface area contributed by atoms with Gasteiger partial charge in [-0.2, -0.15) is 0 Å². The fourth-order valence-electron chi connectivity index (χ4n) is 1.54. The number of carbonyl (C=O) groups is 1. The zero-order valence-electron chi connectivity index (χ0n) is 8.40. The third-order valence-electron chi connectivity index (χ3n) is 2.11. The third-order valence-corrected chi connectivity index (χ3v) is 2.11. The zero-order valence-corrected chi connectivity index (χ0v) is 8.40. The summed E-state index contributed by atoms with van der Waals surface area (Å²) in [6, 6.07) is -0.00699. The van der Waals surface area contributed by atoms with Crippen molar-refractivity contribution in [2.45, 2.75) is 19.9 Å². The van der Waals surface area contributed by atoms with Crippen LogP contribution in [-0.4, -0.2) is 31.2 Å². The molecule has 74 valence electrons. The van der Waals surface area contributed by atoms with E-state index in [9.17, 15) is 4.79 Å². The second kappa shape index (κ2) is 3.79. The number of esters is 1. The molecule has 0 aromatic rings. The quantitative estimate of drug-likeness (QED) is 0.600. The van der Waals surface area contributed by atoms with Gasteiger partial charge in [-0.1, -0.05) is 13.8 Å². The topological polar surface area (TPSA) is 38.8 Å². The Kier molecular flexibility index (Phi) is 2.93. The van der Waals surface area contributed by atoms with Crippen LogP contribution in [0.15, 0.2) is 11.8 Å². The Morgan fingerprint density at radius 1 is 1.69 bits per heavy atom. The van der Waals surface area contributed by atoms with E-state index in [-0.39, 0.29) is 12.0 Å². The van der Waals surface area contributed by atoms with Gasteiger partial charge in [-0.3, -0.25) is 0 Å². The highest BCUT2D eigenvalue weighted by Crippen LogP contribution is 2.25. The second-order valence-electron chi connectivity index (χ2n) is 3.41. The Labute approximate surface area is 78.1 Å². The molecule has 1 aliphatic rings. The van der Waals surface area contributed by atoms with E-state index in [2.05, 4.69) is 4.74 Å². The van der Waals surface area contributed by atoms with E-state index in [0.29, 0.717) is 11.5 Å². The summed E-state index contributed by atoms with van der Waals surface area (Å²) in [5.74, 6) is 0.000833. The van der Waals surface area contributed by atoms with Crippen LogP contribution in [0.1, 0.15) is 13.8 Å². The Hall–Kier alpha value is -1.03. The van der Waals surface area contributed by atoms with Gasteiger partial charge >= 0.3 is 5.97 Å². The van der Waals surface area contributed by atoms with Crippen molar-refractivity contribution in [3.8, 4) is 0 Å². The van der Waals surface area contributed by atoms with Gasteiger partial charge in [-0.05, 0) is 5.92 Å². The lowest BCUT2D eigenvalue weighted by atomic mass is 9.97. The molecule has 1 heterocycles. The molecule has 0 aliphatic carbocycles. The monoisotopic (exact) mass is 185 g/mol. The fourth-order valence-corrected chi connectivity index (χ4v) is 1.54. The second-order valence-corrected chi connectivity index (χ2v) is 3.41. The minimum absolute atomic E-state index is 0.00699. The number of rotatable bonds is 2. The SMILES string of the molecule is COC(=O)C1=CON(C)C1C(C)C. The van der Waals surface area contributed by atoms with Gasteiger partial charge in [0.1, 0.15) is 6.26 Å². The molecule has 0 aromatic heterocycles. The first-order valence-electron chi connectivity index (χ1n) is 4.26. The molecule has 0 radical (unpaired) electrons. The van der Waals surface area contributed by atoms with Gasteiger partial charge in [0.25, 0.3) is 0 Å². The molecular weight excluding hydrogens is 170 g/mol. The van der Waals surface area contributed by atoms with Crippen molar-refractivity contribution in [3.05, 3.63) is 11.8 Å². The van der Waals surface area contributed by atoms with Crippen molar-refractivity contribution in [1.82, 2.24) is 5.06 Å². The molecule has 0 fully saturated rings. The van der Waals surface area contributed by atoms with Crippen LogP contribution in [0, 0.1) is 5.92 Å². The van der Waals surface area contributed by atoms with Gasteiger partial charge in [-0.25, -0.2) is 4.79 Å². The number of methoxy groups -OCH3 is 1.